The van der Waals surface area contributed by atoms with Crippen LogP contribution in [0.25, 0.3) is 0 Å². The first-order valence-corrected chi connectivity index (χ1v) is 5.80. The molecule has 1 N–H and O–H groups in total. The van der Waals surface area contributed by atoms with E-state index in [4.69, 9.17) is 0 Å². The van der Waals surface area contributed by atoms with Gasteiger partial charge in [-0.2, -0.15) is 0 Å². The second-order valence-electron chi connectivity index (χ2n) is 3.47. The van der Waals surface area contributed by atoms with Gasteiger partial charge in [0.15, 0.2) is 0 Å². The fraction of sp³-hybridized carbons (Fsp3) is 0.400. The summed E-state index contributed by atoms with van der Waals surface area (Å²) in [6.45, 7) is 3.94. The molecule has 0 amide bonds. The molecular formula is C10H14N4S. The Morgan fingerprint density at radius 1 is 1.53 bits per heavy atom. The molecular weight excluding hydrogens is 208 g/mol. The topological polar surface area (TPSA) is 42.7 Å². The van der Waals surface area contributed by atoms with Gasteiger partial charge >= 0.3 is 0 Å². The molecule has 80 valence electrons. The maximum absolute atomic E-state index is 4.22. The van der Waals surface area contributed by atoms with Crippen LogP contribution in [0.2, 0.25) is 0 Å². The van der Waals surface area contributed by atoms with E-state index in [1.165, 1.54) is 0 Å². The van der Waals surface area contributed by atoms with Crippen molar-refractivity contribution in [3.63, 3.8) is 0 Å². The Labute approximate surface area is 93.0 Å². The Morgan fingerprint density at radius 2 is 2.47 bits per heavy atom. The number of rotatable bonds is 5. The van der Waals surface area contributed by atoms with Crippen molar-refractivity contribution >= 4 is 11.3 Å². The largest absolute Gasteiger partial charge is 0.336 e. The van der Waals surface area contributed by atoms with Gasteiger partial charge in [-0.25, -0.2) is 9.97 Å². The lowest BCUT2D eigenvalue weighted by Gasteiger charge is -2.12. The van der Waals surface area contributed by atoms with Gasteiger partial charge in [0.2, 0.25) is 0 Å². The van der Waals surface area contributed by atoms with E-state index >= 15 is 0 Å². The van der Waals surface area contributed by atoms with Gasteiger partial charge in [0, 0.05) is 43.1 Å². The molecule has 0 fully saturated rings. The van der Waals surface area contributed by atoms with Crippen molar-refractivity contribution in [2.24, 2.45) is 0 Å². The lowest BCUT2D eigenvalue weighted by Crippen LogP contribution is -2.29. The summed E-state index contributed by atoms with van der Waals surface area (Å²) in [5.41, 5.74) is 0. The molecule has 0 aliphatic carbocycles. The second kappa shape index (κ2) is 5.04. The van der Waals surface area contributed by atoms with Gasteiger partial charge in [0.25, 0.3) is 0 Å². The summed E-state index contributed by atoms with van der Waals surface area (Å²) in [5, 5.41) is 6.55. The highest BCUT2D eigenvalue weighted by molar-refractivity contribution is 7.09. The minimum atomic E-state index is 0.420. The third-order valence-corrected chi connectivity index (χ3v) is 2.91. The van der Waals surface area contributed by atoms with Gasteiger partial charge in [-0.3, -0.25) is 0 Å². The lowest BCUT2D eigenvalue weighted by atomic mass is 10.3. The summed E-state index contributed by atoms with van der Waals surface area (Å²) >= 11 is 1.68. The molecule has 1 atom stereocenters. The van der Waals surface area contributed by atoms with Gasteiger partial charge in [-0.1, -0.05) is 0 Å². The molecule has 2 rings (SSSR count). The van der Waals surface area contributed by atoms with Crippen molar-refractivity contribution in [3.8, 4) is 0 Å². The van der Waals surface area contributed by atoms with Crippen LogP contribution in [-0.2, 0) is 13.1 Å². The fourth-order valence-corrected chi connectivity index (χ4v) is 1.94. The number of hydrogen-bond acceptors (Lipinski definition) is 4. The zero-order chi connectivity index (χ0) is 10.5. The minimum Gasteiger partial charge on any atom is -0.336 e. The number of thiazole rings is 1. The van der Waals surface area contributed by atoms with Crippen LogP contribution in [0.3, 0.4) is 0 Å². The maximum atomic E-state index is 4.22. The zero-order valence-corrected chi connectivity index (χ0v) is 9.44. The number of hydrogen-bond donors (Lipinski definition) is 1. The molecule has 0 saturated heterocycles. The van der Waals surface area contributed by atoms with E-state index in [1.807, 2.05) is 24.1 Å². The molecule has 2 aromatic heterocycles. The molecule has 0 aliphatic heterocycles. The zero-order valence-electron chi connectivity index (χ0n) is 8.63. The maximum Gasteiger partial charge on any atom is 0.106 e. The van der Waals surface area contributed by atoms with E-state index in [0.717, 1.165) is 18.1 Å². The molecule has 15 heavy (non-hydrogen) atoms. The first kappa shape index (κ1) is 10.3. The van der Waals surface area contributed by atoms with Gasteiger partial charge in [-0.15, -0.1) is 11.3 Å². The van der Waals surface area contributed by atoms with Crippen molar-refractivity contribution in [2.45, 2.75) is 26.1 Å². The average Bonchev–Trinajstić information content (AvgIpc) is 2.86. The Kier molecular flexibility index (Phi) is 3.47. The monoisotopic (exact) mass is 222 g/mol. The highest BCUT2D eigenvalue weighted by Gasteiger charge is 2.03. The molecule has 5 heteroatoms. The number of imidazole rings is 1. The lowest BCUT2D eigenvalue weighted by molar-refractivity contribution is 0.475. The van der Waals surface area contributed by atoms with Crippen LogP contribution in [0.15, 0.2) is 30.3 Å². The Hall–Kier alpha value is -1.20. The van der Waals surface area contributed by atoms with Crippen LogP contribution in [0.1, 0.15) is 11.9 Å². The summed E-state index contributed by atoms with van der Waals surface area (Å²) in [5.74, 6) is 0. The first-order chi connectivity index (χ1) is 7.34. The average molecular weight is 222 g/mol. The summed E-state index contributed by atoms with van der Waals surface area (Å²) < 4.78 is 2.07. The molecule has 0 aromatic carbocycles. The molecule has 2 aromatic rings. The van der Waals surface area contributed by atoms with E-state index in [0.29, 0.717) is 6.04 Å². The van der Waals surface area contributed by atoms with Crippen molar-refractivity contribution in [2.75, 3.05) is 0 Å². The molecule has 0 spiro atoms. The van der Waals surface area contributed by atoms with E-state index in [9.17, 15) is 0 Å². The standard InChI is InChI=1S/C10H14N4S/c1-9(7-14-4-2-11-8-14)13-6-10-12-3-5-15-10/h2-5,8-9,13H,6-7H2,1H3. The number of aromatic nitrogens is 3. The van der Waals surface area contributed by atoms with E-state index in [-0.39, 0.29) is 0 Å². The SMILES string of the molecule is CC(Cn1ccnc1)NCc1nccs1. The van der Waals surface area contributed by atoms with E-state index in [1.54, 1.807) is 17.5 Å². The molecule has 0 aliphatic rings. The van der Waals surface area contributed by atoms with Gasteiger partial charge in [0.05, 0.1) is 6.33 Å². The summed E-state index contributed by atoms with van der Waals surface area (Å²) in [6, 6.07) is 0.420. The van der Waals surface area contributed by atoms with Gasteiger partial charge < -0.3 is 9.88 Å². The second-order valence-corrected chi connectivity index (χ2v) is 4.45. The third kappa shape index (κ3) is 3.14. The van der Waals surface area contributed by atoms with Crippen LogP contribution < -0.4 is 5.32 Å². The van der Waals surface area contributed by atoms with E-state index < -0.39 is 0 Å². The normalized spacial score (nSPS) is 12.9. The first-order valence-electron chi connectivity index (χ1n) is 4.92. The van der Waals surface area contributed by atoms with Crippen LogP contribution in [0, 0.1) is 0 Å². The van der Waals surface area contributed by atoms with E-state index in [2.05, 4.69) is 26.8 Å². The quantitative estimate of drug-likeness (QED) is 0.834. The van der Waals surface area contributed by atoms with Crippen molar-refractivity contribution in [3.05, 3.63) is 35.3 Å². The molecule has 0 radical (unpaired) electrons. The van der Waals surface area contributed by atoms with Gasteiger partial charge in [-0.05, 0) is 6.92 Å². The smallest absolute Gasteiger partial charge is 0.106 e. The van der Waals surface area contributed by atoms with Gasteiger partial charge in [0.1, 0.15) is 5.01 Å². The van der Waals surface area contributed by atoms with Crippen molar-refractivity contribution in [1.29, 1.82) is 0 Å². The van der Waals surface area contributed by atoms with Crippen LogP contribution in [0.5, 0.6) is 0 Å². The third-order valence-electron chi connectivity index (χ3n) is 2.13. The predicted octanol–water partition coefficient (Wildman–Crippen LogP) is 1.52. The summed E-state index contributed by atoms with van der Waals surface area (Å²) in [4.78, 5) is 8.23. The fourth-order valence-electron chi connectivity index (χ4n) is 1.38. The molecule has 1 unspecified atom stereocenters. The van der Waals surface area contributed by atoms with Crippen molar-refractivity contribution < 1.29 is 0 Å². The highest BCUT2D eigenvalue weighted by Crippen LogP contribution is 2.03. The molecule has 0 saturated carbocycles. The number of nitrogens with zero attached hydrogens (tertiary/aromatic N) is 3. The summed E-state index contributed by atoms with van der Waals surface area (Å²) in [7, 11) is 0. The Balaban J connectivity index is 1.76. The number of nitrogens with one attached hydrogen (secondary N) is 1. The van der Waals surface area contributed by atoms with Crippen molar-refractivity contribution in [1.82, 2.24) is 19.9 Å². The molecule has 0 bridgehead atoms. The molecule has 4 nitrogen and oxygen atoms in total. The Morgan fingerprint density at radius 3 is 3.13 bits per heavy atom. The minimum absolute atomic E-state index is 0.420. The van der Waals surface area contributed by atoms with Crippen LogP contribution in [0.4, 0.5) is 0 Å². The summed E-state index contributed by atoms with van der Waals surface area (Å²) in [6.07, 6.45) is 7.44. The highest BCUT2D eigenvalue weighted by atomic mass is 32.1. The predicted molar refractivity (Wildman–Crippen MR) is 60.6 cm³/mol. The van der Waals surface area contributed by atoms with Crippen LogP contribution in [-0.4, -0.2) is 20.6 Å². The van der Waals surface area contributed by atoms with Crippen LogP contribution >= 0.6 is 11.3 Å². The molecule has 2 heterocycles. The Bertz CT molecular complexity index is 368.